The first kappa shape index (κ1) is 29.1. The van der Waals surface area contributed by atoms with E-state index in [9.17, 15) is 4.79 Å². The van der Waals surface area contributed by atoms with Crippen molar-refractivity contribution in [1.29, 1.82) is 0 Å². The largest absolute Gasteiger partial charge is 0.489 e. The van der Waals surface area contributed by atoms with E-state index < -0.39 is 6.04 Å². The molecule has 0 aliphatic carbocycles. The molecule has 6 N–H and O–H groups in total. The topological polar surface area (TPSA) is 134 Å². The van der Waals surface area contributed by atoms with Crippen LogP contribution in [0.25, 0.3) is 22.2 Å². The summed E-state index contributed by atoms with van der Waals surface area (Å²) in [6.07, 6.45) is 0.482. The number of halogens is 2. The van der Waals surface area contributed by atoms with Crippen LogP contribution in [0.4, 0.5) is 10.6 Å². The van der Waals surface area contributed by atoms with Gasteiger partial charge in [-0.15, -0.1) is 0 Å². The quantitative estimate of drug-likeness (QED) is 0.110. The number of urea groups is 1. The molecule has 0 fully saturated rings. The number of rotatable bonds is 10. The van der Waals surface area contributed by atoms with Crippen molar-refractivity contribution in [3.05, 3.63) is 130 Å². The second kappa shape index (κ2) is 13.1. The number of anilines is 1. The molecule has 0 aliphatic heterocycles. The highest BCUT2D eigenvalue weighted by Gasteiger charge is 2.22. The summed E-state index contributed by atoms with van der Waals surface area (Å²) in [6.45, 7) is 0.592. The fraction of sp³-hybridized carbons (Fsp3) is 0.121. The van der Waals surface area contributed by atoms with Gasteiger partial charge in [-0.3, -0.25) is 5.10 Å². The van der Waals surface area contributed by atoms with Gasteiger partial charge < -0.3 is 26.1 Å². The van der Waals surface area contributed by atoms with E-state index >= 15 is 0 Å². The van der Waals surface area contributed by atoms with Crippen LogP contribution < -0.4 is 21.1 Å². The summed E-state index contributed by atoms with van der Waals surface area (Å²) < 4.78 is 6.05. The summed E-state index contributed by atoms with van der Waals surface area (Å²) in [5.41, 5.74) is 10.8. The molecule has 0 spiro atoms. The fourth-order valence-electron chi connectivity index (χ4n) is 4.93. The monoisotopic (exact) mass is 625 g/mol. The Labute approximate surface area is 263 Å². The zero-order chi connectivity index (χ0) is 30.5. The summed E-state index contributed by atoms with van der Waals surface area (Å²) in [7, 11) is 0. The third-order valence-corrected chi connectivity index (χ3v) is 7.67. The van der Waals surface area contributed by atoms with E-state index in [0.717, 1.165) is 33.2 Å². The number of amides is 2. The van der Waals surface area contributed by atoms with Crippen molar-refractivity contribution in [2.45, 2.75) is 25.6 Å². The molecule has 2 amide bonds. The molecule has 2 heterocycles. The molecular formula is C33H29Cl2N7O2. The van der Waals surface area contributed by atoms with Crippen LogP contribution in [0, 0.1) is 0 Å². The lowest BCUT2D eigenvalue weighted by atomic mass is 10.1. The molecule has 6 rings (SSSR count). The lowest BCUT2D eigenvalue weighted by molar-refractivity contribution is 0.235. The summed E-state index contributed by atoms with van der Waals surface area (Å²) >= 11 is 12.9. The van der Waals surface area contributed by atoms with Gasteiger partial charge in [0, 0.05) is 28.1 Å². The molecule has 4 aromatic carbocycles. The number of benzene rings is 4. The normalized spacial score (nSPS) is 11.8. The second-order valence-electron chi connectivity index (χ2n) is 10.2. The molecule has 11 heteroatoms. The van der Waals surface area contributed by atoms with Gasteiger partial charge in [0.2, 0.25) is 0 Å². The number of nitrogen functional groups attached to an aromatic ring is 1. The smallest absolute Gasteiger partial charge is 0.315 e. The molecule has 1 atom stereocenters. The number of aromatic amines is 2. The number of carbonyl (C=O) groups excluding carboxylic acids is 1. The van der Waals surface area contributed by atoms with E-state index in [1.54, 1.807) is 18.2 Å². The van der Waals surface area contributed by atoms with Crippen molar-refractivity contribution in [2.24, 2.45) is 0 Å². The lowest BCUT2D eigenvalue weighted by Gasteiger charge is -2.18. The highest BCUT2D eigenvalue weighted by molar-refractivity contribution is 6.32. The third kappa shape index (κ3) is 6.80. The number of hydrogen-bond acceptors (Lipinski definition) is 5. The molecule has 0 saturated carbocycles. The number of fused-ring (bicyclic) bond motifs is 1. The summed E-state index contributed by atoms with van der Waals surface area (Å²) in [5, 5.41) is 14.7. The maximum atomic E-state index is 13.3. The van der Waals surface area contributed by atoms with Crippen LogP contribution in [0.2, 0.25) is 10.2 Å². The van der Waals surface area contributed by atoms with Gasteiger partial charge in [0.1, 0.15) is 29.0 Å². The molecule has 0 unspecified atom stereocenters. The van der Waals surface area contributed by atoms with Crippen LogP contribution in [-0.2, 0) is 19.6 Å². The molecule has 0 saturated heterocycles. The Balaban J connectivity index is 1.19. The van der Waals surface area contributed by atoms with Crippen LogP contribution in [-0.4, -0.2) is 26.2 Å². The highest BCUT2D eigenvalue weighted by Crippen LogP contribution is 2.31. The van der Waals surface area contributed by atoms with Gasteiger partial charge in [-0.1, -0.05) is 89.9 Å². The van der Waals surface area contributed by atoms with Crippen LogP contribution in [0.3, 0.4) is 0 Å². The first-order valence-corrected chi connectivity index (χ1v) is 14.7. The van der Waals surface area contributed by atoms with Crippen molar-refractivity contribution < 1.29 is 9.53 Å². The predicted molar refractivity (Wildman–Crippen MR) is 174 cm³/mol. The van der Waals surface area contributed by atoms with Crippen molar-refractivity contribution >= 4 is 46.0 Å². The van der Waals surface area contributed by atoms with E-state index in [1.165, 1.54) is 0 Å². The Morgan fingerprint density at radius 3 is 2.45 bits per heavy atom. The van der Waals surface area contributed by atoms with Gasteiger partial charge >= 0.3 is 6.03 Å². The SMILES string of the molecule is Nc1n[nH]c2cc(-c3nc([C@H](Cc4ccccc4)NC(=O)NCc4cc(Cl)ccc4OCc4ccccc4)[nH]c3Cl)ccc12. The van der Waals surface area contributed by atoms with E-state index in [0.29, 0.717) is 46.3 Å². The Bertz CT molecular complexity index is 1890. The van der Waals surface area contributed by atoms with Crippen molar-refractivity contribution in [3.8, 4) is 17.0 Å². The number of carbonyl (C=O) groups is 1. The van der Waals surface area contributed by atoms with Crippen LogP contribution in [0.5, 0.6) is 5.75 Å². The fourth-order valence-corrected chi connectivity index (χ4v) is 5.37. The number of aromatic nitrogens is 4. The minimum atomic E-state index is -0.511. The van der Waals surface area contributed by atoms with Crippen molar-refractivity contribution in [1.82, 2.24) is 30.8 Å². The van der Waals surface area contributed by atoms with Gasteiger partial charge in [-0.05, 0) is 47.9 Å². The first-order chi connectivity index (χ1) is 21.4. The standard InChI is InChI=1S/C33H29Cl2N7O2/c34-24-12-14-28(44-19-21-9-5-2-6-10-21)23(16-24)18-37-33(43)38-27(15-20-7-3-1-4-8-20)32-39-29(30(35)40-32)22-11-13-25-26(17-22)41-42-31(25)36/h1-14,16-17,27H,15,18-19H2,(H,39,40)(H3,36,41,42)(H2,37,38,43)/t27-/m0/s1. The van der Waals surface area contributed by atoms with Gasteiger partial charge in [-0.2, -0.15) is 5.10 Å². The number of ether oxygens (including phenoxy) is 1. The Kier molecular flexibility index (Phi) is 8.67. The molecule has 9 nitrogen and oxygen atoms in total. The average molecular weight is 627 g/mol. The van der Waals surface area contributed by atoms with Gasteiger partial charge in [0.15, 0.2) is 5.82 Å². The third-order valence-electron chi connectivity index (χ3n) is 7.16. The predicted octanol–water partition coefficient (Wildman–Crippen LogP) is 7.20. The Morgan fingerprint density at radius 1 is 0.932 bits per heavy atom. The van der Waals surface area contributed by atoms with E-state index in [2.05, 4.69) is 25.8 Å². The minimum absolute atomic E-state index is 0.200. The lowest BCUT2D eigenvalue weighted by Crippen LogP contribution is -2.38. The summed E-state index contributed by atoms with van der Waals surface area (Å²) in [6, 6.07) is 29.8. The van der Waals surface area contributed by atoms with E-state index in [1.807, 2.05) is 78.9 Å². The zero-order valence-electron chi connectivity index (χ0n) is 23.5. The maximum Gasteiger partial charge on any atom is 0.315 e. The molecule has 0 radical (unpaired) electrons. The van der Waals surface area contributed by atoms with Gasteiger partial charge in [0.05, 0.1) is 11.6 Å². The molecule has 6 aromatic rings. The van der Waals surface area contributed by atoms with Crippen LogP contribution in [0.1, 0.15) is 28.6 Å². The maximum absolute atomic E-state index is 13.3. The molecule has 44 heavy (non-hydrogen) atoms. The molecule has 0 aliphatic rings. The molecule has 2 aromatic heterocycles. The zero-order valence-corrected chi connectivity index (χ0v) is 25.0. The van der Waals surface area contributed by atoms with Gasteiger partial charge in [0.25, 0.3) is 0 Å². The average Bonchev–Trinajstić information content (AvgIpc) is 3.62. The number of nitrogens with zero attached hydrogens (tertiary/aromatic N) is 2. The van der Waals surface area contributed by atoms with Crippen LogP contribution in [0.15, 0.2) is 97.1 Å². The molecule has 222 valence electrons. The van der Waals surface area contributed by atoms with Crippen molar-refractivity contribution in [2.75, 3.05) is 5.73 Å². The van der Waals surface area contributed by atoms with Gasteiger partial charge in [-0.25, -0.2) is 9.78 Å². The molecular weight excluding hydrogens is 597 g/mol. The Morgan fingerprint density at radius 2 is 1.68 bits per heavy atom. The van der Waals surface area contributed by atoms with Crippen molar-refractivity contribution in [3.63, 3.8) is 0 Å². The number of H-pyrrole nitrogens is 2. The molecule has 0 bridgehead atoms. The minimum Gasteiger partial charge on any atom is -0.489 e. The summed E-state index contributed by atoms with van der Waals surface area (Å²) in [5.74, 6) is 1.58. The van der Waals surface area contributed by atoms with Crippen LogP contribution >= 0.6 is 23.2 Å². The summed E-state index contributed by atoms with van der Waals surface area (Å²) in [4.78, 5) is 21.3. The number of nitrogens with one attached hydrogen (secondary N) is 4. The number of nitrogens with two attached hydrogens (primary N) is 1. The highest BCUT2D eigenvalue weighted by atomic mass is 35.5. The second-order valence-corrected chi connectivity index (χ2v) is 11.1. The number of imidazole rings is 1. The Hall–Kier alpha value is -4.99. The van der Waals surface area contributed by atoms with E-state index in [-0.39, 0.29) is 12.6 Å². The van der Waals surface area contributed by atoms with E-state index in [4.69, 9.17) is 38.7 Å². The first-order valence-electron chi connectivity index (χ1n) is 14.0. The number of hydrogen-bond donors (Lipinski definition) is 5.